The maximum atomic E-state index is 14.2. The van der Waals surface area contributed by atoms with Crippen LogP contribution in [0, 0.1) is 0 Å². The van der Waals surface area contributed by atoms with Gasteiger partial charge in [-0.3, -0.25) is 19.8 Å². The fourth-order valence-corrected chi connectivity index (χ4v) is 7.40. The van der Waals surface area contributed by atoms with Gasteiger partial charge in [-0.1, -0.05) is 65.8 Å². The maximum absolute atomic E-state index is 14.2. The number of rotatable bonds is 16. The van der Waals surface area contributed by atoms with Crippen molar-refractivity contribution >= 4 is 52.2 Å². The first-order valence-electron chi connectivity index (χ1n) is 21.3. The second kappa shape index (κ2) is 19.5. The second-order valence-electron chi connectivity index (χ2n) is 18.0. The molecular formula is C46H53N10O9S+. The lowest BCUT2D eigenvalue weighted by Gasteiger charge is -2.36. The lowest BCUT2D eigenvalue weighted by molar-refractivity contribution is -0.672. The number of hydrogen-bond acceptors (Lipinski definition) is 14. The zero-order valence-electron chi connectivity index (χ0n) is 37.7. The Kier molecular flexibility index (Phi) is 13.8. The largest absolute Gasteiger partial charge is 0.450 e. The molecule has 0 spiro atoms. The number of esters is 1. The molecule has 3 aromatic heterocycles. The Morgan fingerprint density at radius 1 is 0.955 bits per heavy atom. The summed E-state index contributed by atoms with van der Waals surface area (Å²) in [6, 6.07) is 20.6. The summed E-state index contributed by atoms with van der Waals surface area (Å²) >= 11 is 0.998. The van der Waals surface area contributed by atoms with E-state index in [-0.39, 0.29) is 49.0 Å². The fraction of sp³-hybridized carbons (Fsp3) is 0.391. The van der Waals surface area contributed by atoms with Crippen LogP contribution in [-0.2, 0) is 60.1 Å². The third kappa shape index (κ3) is 12.3. The number of aromatic nitrogens is 5. The minimum absolute atomic E-state index is 0.00682. The van der Waals surface area contributed by atoms with Crippen molar-refractivity contribution < 1.29 is 47.6 Å². The van der Waals surface area contributed by atoms with Crippen LogP contribution < -0.4 is 20.5 Å². The Hall–Kier alpha value is -7.22. The standard InChI is InChI=1S/C46H52N10O9S/c1-44(2,3)63-42(60)51-41-49-34(28-66-41)36(53-65-46(20-21-46)40(59)62-37(30-16-10-8-11-17-30)31-18-12-9-13-19-31)39(58)50-35-33(48-38(35)57)27-56-47-23-32(52-56)26-55(43(61)64-45(4,5)6)25-29-15-14-22-54(7)24-29/h8-19,22-24,28,33,35,37H,20-21,25-27H2,1-7H3,(H2-,48,49,50,51,57,58,60)/p+1/b53-36-/t33-,35+/m1/s1. The third-order valence-electron chi connectivity index (χ3n) is 10.0. The predicted octanol–water partition coefficient (Wildman–Crippen LogP) is 5.11. The van der Waals surface area contributed by atoms with Crippen LogP contribution in [0.25, 0.3) is 0 Å². The van der Waals surface area contributed by atoms with Gasteiger partial charge < -0.3 is 29.7 Å². The molecule has 7 rings (SSSR count). The first kappa shape index (κ1) is 46.8. The molecule has 5 aromatic rings. The number of nitrogens with one attached hydrogen (secondary N) is 3. The van der Waals surface area contributed by atoms with E-state index < -0.39 is 65.0 Å². The molecule has 3 N–H and O–H groups in total. The van der Waals surface area contributed by atoms with Crippen LogP contribution in [0.5, 0.6) is 0 Å². The van der Waals surface area contributed by atoms with E-state index in [0.717, 1.165) is 28.0 Å². The minimum Gasteiger partial charge on any atom is -0.450 e. The molecule has 0 bridgehead atoms. The molecule has 1 saturated heterocycles. The molecule has 20 heteroatoms. The van der Waals surface area contributed by atoms with E-state index in [4.69, 9.17) is 19.0 Å². The zero-order valence-corrected chi connectivity index (χ0v) is 38.5. The van der Waals surface area contributed by atoms with E-state index >= 15 is 0 Å². The first-order chi connectivity index (χ1) is 31.3. The highest BCUT2D eigenvalue weighted by molar-refractivity contribution is 7.14. The number of aryl methyl sites for hydroxylation is 1. The summed E-state index contributed by atoms with van der Waals surface area (Å²) in [5.41, 5.74) is -0.550. The normalized spacial score (nSPS) is 16.6. The predicted molar refractivity (Wildman–Crippen MR) is 239 cm³/mol. The summed E-state index contributed by atoms with van der Waals surface area (Å²) in [4.78, 5) is 80.2. The average molecular weight is 922 g/mol. The number of carbonyl (C=O) groups is 5. The van der Waals surface area contributed by atoms with E-state index in [1.54, 1.807) is 41.5 Å². The fourth-order valence-electron chi connectivity index (χ4n) is 6.72. The Morgan fingerprint density at radius 3 is 2.23 bits per heavy atom. The van der Waals surface area contributed by atoms with Crippen LogP contribution in [0.4, 0.5) is 14.7 Å². The quantitative estimate of drug-likeness (QED) is 0.0294. The highest BCUT2D eigenvalue weighted by atomic mass is 32.1. The summed E-state index contributed by atoms with van der Waals surface area (Å²) in [7, 11) is 1.89. The number of benzene rings is 2. The van der Waals surface area contributed by atoms with Gasteiger partial charge in [-0.05, 0) is 58.7 Å². The van der Waals surface area contributed by atoms with Gasteiger partial charge in [0.25, 0.3) is 5.91 Å². The number of nitrogens with zero attached hydrogens (tertiary/aromatic N) is 7. The Labute approximate surface area is 385 Å². The highest BCUT2D eigenvalue weighted by Crippen LogP contribution is 2.43. The molecule has 2 fully saturated rings. The number of ether oxygens (including phenoxy) is 3. The molecule has 0 unspecified atom stereocenters. The highest BCUT2D eigenvalue weighted by Gasteiger charge is 2.56. The van der Waals surface area contributed by atoms with Crippen LogP contribution in [0.15, 0.2) is 102 Å². The monoisotopic (exact) mass is 921 g/mol. The van der Waals surface area contributed by atoms with Crippen LogP contribution in [-0.4, -0.2) is 89.4 Å². The third-order valence-corrected chi connectivity index (χ3v) is 10.8. The second-order valence-corrected chi connectivity index (χ2v) is 18.8. The number of thiazole rings is 1. The molecule has 2 aliphatic rings. The van der Waals surface area contributed by atoms with Crippen LogP contribution in [0.1, 0.15) is 88.6 Å². The van der Waals surface area contributed by atoms with Gasteiger partial charge in [0.15, 0.2) is 29.3 Å². The number of β-lactam (4-membered cyclic amide) rings is 1. The topological polar surface area (TPSA) is 221 Å². The number of oxime groups is 1. The van der Waals surface area contributed by atoms with Gasteiger partial charge in [-0.2, -0.15) is 15.0 Å². The van der Waals surface area contributed by atoms with Crippen molar-refractivity contribution in [3.8, 4) is 0 Å². The van der Waals surface area contributed by atoms with Crippen molar-refractivity contribution in [3.63, 3.8) is 0 Å². The Morgan fingerprint density at radius 2 is 1.62 bits per heavy atom. The van der Waals surface area contributed by atoms with Crippen LogP contribution >= 0.6 is 11.3 Å². The van der Waals surface area contributed by atoms with Gasteiger partial charge in [0.05, 0.1) is 31.9 Å². The van der Waals surface area contributed by atoms with Gasteiger partial charge in [0.2, 0.25) is 11.5 Å². The summed E-state index contributed by atoms with van der Waals surface area (Å²) in [5.74, 6) is -2.00. The van der Waals surface area contributed by atoms with Crippen molar-refractivity contribution in [2.75, 3.05) is 5.32 Å². The molecule has 1 aliphatic heterocycles. The lowest BCUT2D eigenvalue weighted by Crippen LogP contribution is -2.70. The molecule has 19 nitrogen and oxygen atoms in total. The van der Waals surface area contributed by atoms with E-state index in [0.29, 0.717) is 5.69 Å². The Balaban J connectivity index is 1.07. The molecule has 1 aliphatic carbocycles. The van der Waals surface area contributed by atoms with Crippen molar-refractivity contribution in [2.45, 2.75) is 109 Å². The molecule has 66 heavy (non-hydrogen) atoms. The number of anilines is 1. The molecule has 0 radical (unpaired) electrons. The average Bonchev–Trinajstić information content (AvgIpc) is 3.69. The minimum atomic E-state index is -1.50. The van der Waals surface area contributed by atoms with E-state index in [9.17, 15) is 24.0 Å². The van der Waals surface area contributed by atoms with Crippen molar-refractivity contribution in [1.29, 1.82) is 0 Å². The molecular weight excluding hydrogens is 869 g/mol. The van der Waals surface area contributed by atoms with Gasteiger partial charge >= 0.3 is 18.2 Å². The zero-order chi connectivity index (χ0) is 47.2. The van der Waals surface area contributed by atoms with E-state index in [2.05, 4.69) is 36.3 Å². The summed E-state index contributed by atoms with van der Waals surface area (Å²) in [6.07, 6.45) is 3.80. The van der Waals surface area contributed by atoms with Crippen molar-refractivity contribution in [3.05, 3.63) is 125 Å². The number of pyridine rings is 1. The summed E-state index contributed by atoms with van der Waals surface area (Å²) in [6.45, 7) is 10.9. The first-order valence-corrected chi connectivity index (χ1v) is 22.2. The smallest absolute Gasteiger partial charge is 0.413 e. The number of amides is 4. The molecule has 346 valence electrons. The van der Waals surface area contributed by atoms with Crippen LogP contribution in [0.3, 0.4) is 0 Å². The van der Waals surface area contributed by atoms with Crippen molar-refractivity contribution in [2.24, 2.45) is 12.2 Å². The molecule has 2 aromatic carbocycles. The molecule has 2 atom stereocenters. The SMILES string of the molecule is C[n+]1cccc(CN(Cc2cnn(C[C@H]3NC(=O)[C@H]3NC(=O)/C(=N\OC3(C(=O)OC(c4ccccc4)c4ccccc4)CC3)c3csc(NC(=O)OC(C)(C)C)n3)n2)C(=O)OC(C)(C)C)c1. The maximum Gasteiger partial charge on any atom is 0.413 e. The summed E-state index contributed by atoms with van der Waals surface area (Å²) in [5, 5.41) is 22.8. The van der Waals surface area contributed by atoms with Gasteiger partial charge in [-0.15, -0.1) is 11.3 Å². The van der Waals surface area contributed by atoms with E-state index in [1.807, 2.05) is 96.8 Å². The van der Waals surface area contributed by atoms with Gasteiger partial charge in [0, 0.05) is 29.9 Å². The lowest BCUT2D eigenvalue weighted by atomic mass is 9.98. The van der Waals surface area contributed by atoms with E-state index in [1.165, 1.54) is 21.3 Å². The van der Waals surface area contributed by atoms with Crippen LogP contribution in [0.2, 0.25) is 0 Å². The molecule has 4 heterocycles. The molecule has 1 saturated carbocycles. The summed E-state index contributed by atoms with van der Waals surface area (Å²) < 4.78 is 19.0. The Bertz CT molecular complexity index is 2540. The number of hydrogen-bond donors (Lipinski definition) is 3. The van der Waals surface area contributed by atoms with Gasteiger partial charge in [0.1, 0.15) is 35.7 Å². The van der Waals surface area contributed by atoms with Gasteiger partial charge in [-0.25, -0.2) is 23.9 Å². The van der Waals surface area contributed by atoms with Crippen molar-refractivity contribution in [1.82, 2.24) is 35.5 Å². The number of carbonyl (C=O) groups excluding carboxylic acids is 5. The molecule has 4 amide bonds.